The van der Waals surface area contributed by atoms with Gasteiger partial charge < -0.3 is 30.2 Å². The van der Waals surface area contributed by atoms with Crippen molar-refractivity contribution < 1.29 is 19.0 Å². The van der Waals surface area contributed by atoms with Crippen LogP contribution in [0.3, 0.4) is 0 Å². The zero-order valence-electron chi connectivity index (χ0n) is 19.8. The minimum Gasteiger partial charge on any atom is -0.497 e. The topological polar surface area (TPSA) is 89.3 Å². The summed E-state index contributed by atoms with van der Waals surface area (Å²) in [6.07, 6.45) is -0.429. The summed E-state index contributed by atoms with van der Waals surface area (Å²) in [6, 6.07) is 15.8. The first-order valence-electron chi connectivity index (χ1n) is 11.5. The summed E-state index contributed by atoms with van der Waals surface area (Å²) in [5.74, 6) is 0.966. The van der Waals surface area contributed by atoms with Crippen molar-refractivity contribution in [2.24, 2.45) is 5.73 Å². The van der Waals surface area contributed by atoms with Gasteiger partial charge in [-0.05, 0) is 42.0 Å². The molecule has 2 aliphatic rings. The number of rotatable bonds is 6. The standard InChI is InChI=1S/C25H33BrN4O4/c1-32-19-10-8-18(9-11-19)28-25(31)29-13-21-24(16-4-6-17(26)7-5-16)20(12-27)30(21)15-23(34-3)22(14-29)33-2/h4-11,20-24H,12-15,27H2,1-3H3,(H,28,31)/t20-,21+,22-,23+,24+/m1/s1. The quantitative estimate of drug-likeness (QED) is 0.594. The number of nitrogens with two attached hydrogens (primary N) is 1. The minimum atomic E-state index is -0.252. The summed E-state index contributed by atoms with van der Waals surface area (Å²) in [5, 5.41) is 3.02. The minimum absolute atomic E-state index is 0.131. The Bertz CT molecular complexity index is 958. The van der Waals surface area contributed by atoms with Crippen LogP contribution in [0.4, 0.5) is 10.5 Å². The molecule has 2 amide bonds. The largest absolute Gasteiger partial charge is 0.497 e. The molecule has 2 fully saturated rings. The molecule has 5 atom stereocenters. The molecule has 9 heteroatoms. The molecule has 34 heavy (non-hydrogen) atoms. The molecule has 0 aliphatic carbocycles. The predicted octanol–water partition coefficient (Wildman–Crippen LogP) is 3.13. The maximum atomic E-state index is 13.4. The van der Waals surface area contributed by atoms with Gasteiger partial charge in [-0.2, -0.15) is 0 Å². The Balaban J connectivity index is 1.60. The van der Waals surface area contributed by atoms with Gasteiger partial charge in [-0.15, -0.1) is 0 Å². The Kier molecular flexibility index (Phi) is 8.10. The fraction of sp³-hybridized carbons (Fsp3) is 0.480. The summed E-state index contributed by atoms with van der Waals surface area (Å²) in [6.45, 7) is 2.24. The Morgan fingerprint density at radius 2 is 1.65 bits per heavy atom. The van der Waals surface area contributed by atoms with Crippen LogP contribution in [-0.4, -0.2) is 87.6 Å². The molecule has 3 N–H and O–H groups in total. The summed E-state index contributed by atoms with van der Waals surface area (Å²) < 4.78 is 17.8. The predicted molar refractivity (Wildman–Crippen MR) is 135 cm³/mol. The molecular weight excluding hydrogens is 500 g/mol. The molecule has 8 nitrogen and oxygen atoms in total. The lowest BCUT2D eigenvalue weighted by Crippen LogP contribution is -2.71. The van der Waals surface area contributed by atoms with Crippen molar-refractivity contribution >= 4 is 27.6 Å². The molecule has 0 radical (unpaired) electrons. The molecule has 2 aromatic rings. The van der Waals surface area contributed by atoms with Crippen LogP contribution < -0.4 is 15.8 Å². The number of nitrogens with zero attached hydrogens (tertiary/aromatic N) is 2. The molecule has 2 saturated heterocycles. The number of carbonyl (C=O) groups is 1. The lowest BCUT2D eigenvalue weighted by Gasteiger charge is -2.58. The monoisotopic (exact) mass is 532 g/mol. The highest BCUT2D eigenvalue weighted by Crippen LogP contribution is 2.42. The summed E-state index contributed by atoms with van der Waals surface area (Å²) >= 11 is 3.52. The second-order valence-corrected chi connectivity index (χ2v) is 9.67. The molecule has 2 aliphatic heterocycles. The zero-order valence-corrected chi connectivity index (χ0v) is 21.4. The van der Waals surface area contributed by atoms with Crippen LogP contribution in [0.25, 0.3) is 0 Å². The number of benzene rings is 2. The molecule has 0 unspecified atom stereocenters. The highest BCUT2D eigenvalue weighted by Gasteiger charge is 2.51. The van der Waals surface area contributed by atoms with Crippen LogP contribution in [0.15, 0.2) is 53.0 Å². The normalized spacial score (nSPS) is 27.2. The van der Waals surface area contributed by atoms with E-state index in [0.29, 0.717) is 31.9 Å². The average Bonchev–Trinajstić information content (AvgIpc) is 2.84. The number of hydrogen-bond donors (Lipinski definition) is 2. The van der Waals surface area contributed by atoms with Crippen LogP contribution in [0, 0.1) is 0 Å². The van der Waals surface area contributed by atoms with E-state index in [0.717, 1.165) is 10.2 Å². The fourth-order valence-electron chi connectivity index (χ4n) is 5.17. The highest BCUT2D eigenvalue weighted by atomic mass is 79.9. The number of carbonyl (C=O) groups excluding carboxylic acids is 1. The van der Waals surface area contributed by atoms with Crippen molar-refractivity contribution in [3.05, 3.63) is 58.6 Å². The Morgan fingerprint density at radius 3 is 2.24 bits per heavy atom. The molecule has 0 spiro atoms. The third kappa shape index (κ3) is 5.08. The number of urea groups is 1. The number of halogens is 1. The van der Waals surface area contributed by atoms with Crippen LogP contribution in [-0.2, 0) is 9.47 Å². The molecular formula is C25H33BrN4O4. The first-order valence-corrected chi connectivity index (χ1v) is 12.2. The van der Waals surface area contributed by atoms with Crippen molar-refractivity contribution in [2.75, 3.05) is 52.8 Å². The Morgan fingerprint density at radius 1 is 1.00 bits per heavy atom. The number of amides is 2. The van der Waals surface area contributed by atoms with Gasteiger partial charge in [-0.25, -0.2) is 4.79 Å². The van der Waals surface area contributed by atoms with Gasteiger partial charge in [0.25, 0.3) is 0 Å². The highest BCUT2D eigenvalue weighted by molar-refractivity contribution is 9.10. The van der Waals surface area contributed by atoms with Crippen molar-refractivity contribution in [3.8, 4) is 5.75 Å². The van der Waals surface area contributed by atoms with Crippen molar-refractivity contribution in [2.45, 2.75) is 30.2 Å². The van der Waals surface area contributed by atoms with Crippen LogP contribution >= 0.6 is 15.9 Å². The maximum absolute atomic E-state index is 13.4. The summed E-state index contributed by atoms with van der Waals surface area (Å²) in [4.78, 5) is 17.6. The van der Waals surface area contributed by atoms with Crippen molar-refractivity contribution in [1.29, 1.82) is 0 Å². The number of fused-ring (bicyclic) bond motifs is 1. The lowest BCUT2D eigenvalue weighted by molar-refractivity contribution is -0.119. The van der Waals surface area contributed by atoms with E-state index in [9.17, 15) is 4.79 Å². The molecule has 2 heterocycles. The second-order valence-electron chi connectivity index (χ2n) is 8.76. The first-order chi connectivity index (χ1) is 16.5. The SMILES string of the molecule is COc1ccc(NC(=O)N2C[C@@H](OC)[C@@H](OC)CN3[C@H](CN)[C@H](c4ccc(Br)cc4)[C@@H]3C2)cc1. The molecule has 0 aromatic heterocycles. The fourth-order valence-corrected chi connectivity index (χ4v) is 5.43. The first kappa shape index (κ1) is 24.9. The van der Waals surface area contributed by atoms with Crippen LogP contribution in [0.5, 0.6) is 5.75 Å². The van der Waals surface area contributed by atoms with Crippen molar-refractivity contribution in [3.63, 3.8) is 0 Å². The van der Waals surface area contributed by atoms with Crippen LogP contribution in [0.2, 0.25) is 0 Å². The molecule has 0 saturated carbocycles. The van der Waals surface area contributed by atoms with Gasteiger partial charge in [0.1, 0.15) is 11.9 Å². The number of methoxy groups -OCH3 is 3. The molecule has 184 valence electrons. The van der Waals surface area contributed by atoms with E-state index in [4.69, 9.17) is 19.9 Å². The van der Waals surface area contributed by atoms with Gasteiger partial charge in [-0.3, -0.25) is 4.90 Å². The van der Waals surface area contributed by atoms with Gasteiger partial charge in [0.05, 0.1) is 19.8 Å². The van der Waals surface area contributed by atoms with E-state index < -0.39 is 0 Å². The van der Waals surface area contributed by atoms with E-state index in [1.807, 2.05) is 29.2 Å². The van der Waals surface area contributed by atoms with Gasteiger partial charge in [0.2, 0.25) is 0 Å². The van der Waals surface area contributed by atoms with Gasteiger partial charge in [0, 0.05) is 62.0 Å². The Hall–Kier alpha value is -2.17. The van der Waals surface area contributed by atoms with Gasteiger partial charge in [-0.1, -0.05) is 28.1 Å². The number of ether oxygens (including phenoxy) is 3. The number of nitrogens with one attached hydrogen (secondary N) is 1. The molecule has 0 bridgehead atoms. The Labute approximate surface area is 209 Å². The van der Waals surface area contributed by atoms with E-state index in [-0.39, 0.29) is 36.2 Å². The lowest BCUT2D eigenvalue weighted by atomic mass is 9.74. The van der Waals surface area contributed by atoms with E-state index in [2.05, 4.69) is 50.4 Å². The third-order valence-corrected chi connectivity index (χ3v) is 7.55. The summed E-state index contributed by atoms with van der Waals surface area (Å²) in [7, 11) is 4.97. The smallest absolute Gasteiger partial charge is 0.321 e. The van der Waals surface area contributed by atoms with E-state index in [1.54, 1.807) is 21.3 Å². The summed E-state index contributed by atoms with van der Waals surface area (Å²) in [5.41, 5.74) is 8.17. The van der Waals surface area contributed by atoms with Gasteiger partial charge >= 0.3 is 6.03 Å². The average molecular weight is 533 g/mol. The molecule has 2 aromatic carbocycles. The third-order valence-electron chi connectivity index (χ3n) is 7.02. The van der Waals surface area contributed by atoms with E-state index >= 15 is 0 Å². The number of hydrogen-bond acceptors (Lipinski definition) is 6. The van der Waals surface area contributed by atoms with Crippen molar-refractivity contribution in [1.82, 2.24) is 9.80 Å². The number of anilines is 1. The van der Waals surface area contributed by atoms with Gasteiger partial charge in [0.15, 0.2) is 0 Å². The zero-order chi connectivity index (χ0) is 24.2. The molecule has 4 rings (SSSR count). The maximum Gasteiger partial charge on any atom is 0.321 e. The second kappa shape index (κ2) is 11.0. The van der Waals surface area contributed by atoms with Crippen LogP contribution in [0.1, 0.15) is 11.5 Å². The van der Waals surface area contributed by atoms with E-state index in [1.165, 1.54) is 5.56 Å².